The molecule has 0 saturated carbocycles. The molecule has 0 atom stereocenters. The van der Waals surface area contributed by atoms with Crippen LogP contribution in [-0.2, 0) is 4.74 Å². The predicted molar refractivity (Wildman–Crippen MR) is 72.1 cm³/mol. The number of nitrogens with two attached hydrogens (primary N) is 1. The molecule has 1 aromatic heterocycles. The van der Waals surface area contributed by atoms with E-state index in [2.05, 4.69) is 9.97 Å². The largest absolute Gasteiger partial charge is 0.383 e. The summed E-state index contributed by atoms with van der Waals surface area (Å²) in [5, 5.41) is 0. The maximum atomic E-state index is 11.6. The molecule has 0 aliphatic rings. The van der Waals surface area contributed by atoms with Crippen LogP contribution >= 0.6 is 0 Å². The van der Waals surface area contributed by atoms with Crippen molar-refractivity contribution in [3.63, 3.8) is 0 Å². The first-order chi connectivity index (χ1) is 8.58. The number of nitrogens with one attached hydrogen (secondary N) is 1. The third-order valence-corrected chi connectivity index (χ3v) is 2.58. The number of ether oxygens (including phenoxy) is 1. The molecule has 0 aliphatic heterocycles. The van der Waals surface area contributed by atoms with E-state index in [9.17, 15) is 4.79 Å². The Kier molecular flexibility index (Phi) is 5.80. The van der Waals surface area contributed by atoms with Gasteiger partial charge in [-0.25, -0.2) is 4.98 Å². The van der Waals surface area contributed by atoms with E-state index in [1.54, 1.807) is 7.11 Å². The Hall–Kier alpha value is -1.40. The van der Waals surface area contributed by atoms with Gasteiger partial charge in [0.15, 0.2) is 0 Å². The number of aromatic nitrogens is 2. The van der Waals surface area contributed by atoms with Crippen LogP contribution in [0, 0.1) is 0 Å². The van der Waals surface area contributed by atoms with Gasteiger partial charge in [-0.2, -0.15) is 0 Å². The summed E-state index contributed by atoms with van der Waals surface area (Å²) in [7, 11) is 1.64. The molecule has 0 aromatic carbocycles. The molecule has 1 rings (SSSR count). The van der Waals surface area contributed by atoms with Crippen molar-refractivity contribution in [1.29, 1.82) is 0 Å². The Balaban J connectivity index is 2.99. The molecular formula is C12H22N4O2. The van der Waals surface area contributed by atoms with Crippen LogP contribution in [0.15, 0.2) is 10.9 Å². The van der Waals surface area contributed by atoms with Crippen LogP contribution in [0.5, 0.6) is 0 Å². The SMILES string of the molecule is COCCN(CCN)c1cc(=O)[nH]c(C(C)C)n1. The van der Waals surface area contributed by atoms with E-state index >= 15 is 0 Å². The summed E-state index contributed by atoms with van der Waals surface area (Å²) in [6.07, 6.45) is 0. The minimum atomic E-state index is -0.136. The number of nitrogens with zero attached hydrogens (tertiary/aromatic N) is 2. The van der Waals surface area contributed by atoms with E-state index in [1.807, 2.05) is 18.7 Å². The van der Waals surface area contributed by atoms with Gasteiger partial charge < -0.3 is 20.4 Å². The first kappa shape index (κ1) is 14.7. The summed E-state index contributed by atoms with van der Waals surface area (Å²) in [6, 6.07) is 1.50. The van der Waals surface area contributed by atoms with Crippen molar-refractivity contribution in [3.8, 4) is 0 Å². The van der Waals surface area contributed by atoms with Gasteiger partial charge in [0.1, 0.15) is 11.6 Å². The maximum absolute atomic E-state index is 11.6. The van der Waals surface area contributed by atoms with Crippen LogP contribution in [0.2, 0.25) is 0 Å². The Morgan fingerprint density at radius 2 is 2.22 bits per heavy atom. The zero-order valence-corrected chi connectivity index (χ0v) is 11.3. The molecule has 0 amide bonds. The quantitative estimate of drug-likeness (QED) is 0.731. The van der Waals surface area contributed by atoms with E-state index < -0.39 is 0 Å². The highest BCUT2D eigenvalue weighted by atomic mass is 16.5. The number of aromatic amines is 1. The average Bonchev–Trinajstić information content (AvgIpc) is 2.33. The molecule has 6 heteroatoms. The van der Waals surface area contributed by atoms with Crippen molar-refractivity contribution in [2.24, 2.45) is 5.73 Å². The monoisotopic (exact) mass is 254 g/mol. The normalized spacial score (nSPS) is 10.9. The van der Waals surface area contributed by atoms with Crippen molar-refractivity contribution in [2.45, 2.75) is 19.8 Å². The van der Waals surface area contributed by atoms with Gasteiger partial charge in [0.2, 0.25) is 0 Å². The van der Waals surface area contributed by atoms with E-state index in [4.69, 9.17) is 10.5 Å². The number of hydrogen-bond acceptors (Lipinski definition) is 5. The highest BCUT2D eigenvalue weighted by Gasteiger charge is 2.11. The molecule has 1 aromatic rings. The van der Waals surface area contributed by atoms with Crippen LogP contribution < -0.4 is 16.2 Å². The fourth-order valence-electron chi connectivity index (χ4n) is 1.60. The van der Waals surface area contributed by atoms with Gasteiger partial charge in [-0.15, -0.1) is 0 Å². The second kappa shape index (κ2) is 7.13. The van der Waals surface area contributed by atoms with Gasteiger partial charge in [0.05, 0.1) is 6.61 Å². The summed E-state index contributed by atoms with van der Waals surface area (Å²) in [5.74, 6) is 1.53. The number of hydrogen-bond donors (Lipinski definition) is 2. The van der Waals surface area contributed by atoms with E-state index in [-0.39, 0.29) is 11.5 Å². The highest BCUT2D eigenvalue weighted by molar-refractivity contribution is 5.37. The van der Waals surface area contributed by atoms with Crippen LogP contribution in [0.4, 0.5) is 5.82 Å². The van der Waals surface area contributed by atoms with Crippen molar-refractivity contribution >= 4 is 5.82 Å². The van der Waals surface area contributed by atoms with Crippen molar-refractivity contribution in [2.75, 3.05) is 38.3 Å². The van der Waals surface area contributed by atoms with Gasteiger partial charge in [-0.05, 0) is 0 Å². The highest BCUT2D eigenvalue weighted by Crippen LogP contribution is 2.12. The Morgan fingerprint density at radius 1 is 1.50 bits per heavy atom. The molecule has 0 saturated heterocycles. The molecule has 0 bridgehead atoms. The number of rotatable bonds is 7. The summed E-state index contributed by atoms with van der Waals surface area (Å²) < 4.78 is 5.05. The molecule has 0 aliphatic carbocycles. The minimum Gasteiger partial charge on any atom is -0.383 e. The molecule has 0 spiro atoms. The van der Waals surface area contributed by atoms with Crippen LogP contribution in [0.1, 0.15) is 25.6 Å². The van der Waals surface area contributed by atoms with Crippen LogP contribution in [0.3, 0.4) is 0 Å². The second-order valence-electron chi connectivity index (χ2n) is 4.41. The standard InChI is InChI=1S/C12H22N4O2/c1-9(2)12-14-10(8-11(17)15-12)16(5-4-13)6-7-18-3/h8-9H,4-7,13H2,1-3H3,(H,14,15,17). The molecule has 1 heterocycles. The van der Waals surface area contributed by atoms with Crippen molar-refractivity contribution in [1.82, 2.24) is 9.97 Å². The summed E-state index contributed by atoms with van der Waals surface area (Å²) >= 11 is 0. The van der Waals surface area contributed by atoms with Gasteiger partial charge in [-0.1, -0.05) is 13.8 Å². The number of anilines is 1. The summed E-state index contributed by atoms with van der Waals surface area (Å²) in [5.41, 5.74) is 5.44. The van der Waals surface area contributed by atoms with Crippen LogP contribution in [0.25, 0.3) is 0 Å². The third-order valence-electron chi connectivity index (χ3n) is 2.58. The molecular weight excluding hydrogens is 232 g/mol. The van der Waals surface area contributed by atoms with Gasteiger partial charge in [0.25, 0.3) is 5.56 Å². The van der Waals surface area contributed by atoms with Gasteiger partial charge >= 0.3 is 0 Å². The van der Waals surface area contributed by atoms with E-state index in [0.717, 1.165) is 0 Å². The smallest absolute Gasteiger partial charge is 0.252 e. The maximum Gasteiger partial charge on any atom is 0.252 e. The molecule has 3 N–H and O–H groups in total. The Labute approximate surface area is 107 Å². The number of H-pyrrole nitrogens is 1. The predicted octanol–water partition coefficient (Wildman–Crippen LogP) is 0.305. The molecule has 0 unspecified atom stereocenters. The average molecular weight is 254 g/mol. The summed E-state index contributed by atoms with van der Waals surface area (Å²) in [6.45, 7) is 6.38. The van der Waals surface area contributed by atoms with Crippen LogP contribution in [-0.4, -0.2) is 43.3 Å². The topological polar surface area (TPSA) is 84.2 Å². The fraction of sp³-hybridized carbons (Fsp3) is 0.667. The minimum absolute atomic E-state index is 0.136. The Morgan fingerprint density at radius 3 is 2.78 bits per heavy atom. The Bertz CT molecular complexity index is 417. The molecule has 6 nitrogen and oxygen atoms in total. The fourth-order valence-corrected chi connectivity index (χ4v) is 1.60. The molecule has 18 heavy (non-hydrogen) atoms. The van der Waals surface area contributed by atoms with Gasteiger partial charge in [0, 0.05) is 38.7 Å². The lowest BCUT2D eigenvalue weighted by Gasteiger charge is -2.23. The second-order valence-corrected chi connectivity index (χ2v) is 4.41. The third kappa shape index (κ3) is 4.12. The van der Waals surface area contributed by atoms with Crippen molar-refractivity contribution in [3.05, 3.63) is 22.2 Å². The first-order valence-electron chi connectivity index (χ1n) is 6.13. The van der Waals surface area contributed by atoms with E-state index in [0.29, 0.717) is 37.9 Å². The first-order valence-corrected chi connectivity index (χ1v) is 6.13. The van der Waals surface area contributed by atoms with E-state index in [1.165, 1.54) is 6.07 Å². The lowest BCUT2D eigenvalue weighted by atomic mass is 10.2. The molecule has 102 valence electrons. The zero-order chi connectivity index (χ0) is 13.5. The lowest BCUT2D eigenvalue weighted by molar-refractivity contribution is 0.205. The number of methoxy groups -OCH3 is 1. The molecule has 0 radical (unpaired) electrons. The van der Waals surface area contributed by atoms with Crippen molar-refractivity contribution < 1.29 is 4.74 Å². The summed E-state index contributed by atoms with van der Waals surface area (Å²) in [4.78, 5) is 20.8. The zero-order valence-electron chi connectivity index (χ0n) is 11.3. The van der Waals surface area contributed by atoms with Gasteiger partial charge in [-0.3, -0.25) is 4.79 Å². The molecule has 0 fully saturated rings. The lowest BCUT2D eigenvalue weighted by Crippen LogP contribution is -2.34.